The Kier molecular flexibility index (Phi) is 3.68. The first-order valence-electron chi connectivity index (χ1n) is 6.43. The summed E-state index contributed by atoms with van der Waals surface area (Å²) >= 11 is 11.8. The van der Waals surface area contributed by atoms with Gasteiger partial charge in [-0.05, 0) is 37.1 Å². The second-order valence-corrected chi connectivity index (χ2v) is 5.50. The molecule has 1 atom stereocenters. The second kappa shape index (κ2) is 5.46. The van der Waals surface area contributed by atoms with E-state index in [4.69, 9.17) is 23.2 Å². The summed E-state index contributed by atoms with van der Waals surface area (Å²) in [6.07, 6.45) is 3.80. The SMILES string of the molecule is O=C(c1ccc(Cl)nc1Cl)N1CCCC1c1ccc[nH]1. The Morgan fingerprint density at radius 3 is 2.90 bits per heavy atom. The van der Waals surface area contributed by atoms with E-state index in [9.17, 15) is 4.79 Å². The van der Waals surface area contributed by atoms with Crippen LogP contribution in [-0.2, 0) is 0 Å². The van der Waals surface area contributed by atoms with Gasteiger partial charge in [0, 0.05) is 18.4 Å². The molecule has 3 rings (SSSR count). The van der Waals surface area contributed by atoms with Crippen LogP contribution in [0, 0.1) is 0 Å². The molecule has 1 amide bonds. The molecule has 0 aliphatic carbocycles. The van der Waals surface area contributed by atoms with Crippen LogP contribution in [0.5, 0.6) is 0 Å². The van der Waals surface area contributed by atoms with Gasteiger partial charge >= 0.3 is 0 Å². The lowest BCUT2D eigenvalue weighted by atomic mass is 10.1. The summed E-state index contributed by atoms with van der Waals surface area (Å²) in [5, 5.41) is 0.438. The van der Waals surface area contributed by atoms with Gasteiger partial charge < -0.3 is 9.88 Å². The number of carbonyl (C=O) groups is 1. The van der Waals surface area contributed by atoms with Crippen molar-refractivity contribution in [3.63, 3.8) is 0 Å². The number of H-pyrrole nitrogens is 1. The van der Waals surface area contributed by atoms with Gasteiger partial charge in [-0.25, -0.2) is 4.98 Å². The van der Waals surface area contributed by atoms with Crippen LogP contribution in [0.1, 0.15) is 34.9 Å². The van der Waals surface area contributed by atoms with Crippen molar-refractivity contribution in [2.45, 2.75) is 18.9 Å². The number of nitrogens with zero attached hydrogens (tertiary/aromatic N) is 2. The topological polar surface area (TPSA) is 49.0 Å². The molecule has 2 aromatic rings. The zero-order chi connectivity index (χ0) is 14.1. The molecule has 1 saturated heterocycles. The van der Waals surface area contributed by atoms with Crippen molar-refractivity contribution in [2.75, 3.05) is 6.54 Å². The molecule has 1 N–H and O–H groups in total. The predicted octanol–water partition coefficient (Wildman–Crippen LogP) is 3.69. The number of aromatic nitrogens is 2. The molecule has 1 aliphatic heterocycles. The van der Waals surface area contributed by atoms with Crippen molar-refractivity contribution < 1.29 is 4.79 Å². The molecule has 2 aromatic heterocycles. The number of carbonyl (C=O) groups excluding carboxylic acids is 1. The number of likely N-dealkylation sites (tertiary alicyclic amines) is 1. The fraction of sp³-hybridized carbons (Fsp3) is 0.286. The Morgan fingerprint density at radius 2 is 2.20 bits per heavy atom. The number of pyridine rings is 1. The van der Waals surface area contributed by atoms with Crippen LogP contribution in [0.3, 0.4) is 0 Å². The molecule has 1 unspecified atom stereocenters. The van der Waals surface area contributed by atoms with E-state index in [1.165, 1.54) is 0 Å². The van der Waals surface area contributed by atoms with E-state index >= 15 is 0 Å². The number of nitrogens with one attached hydrogen (secondary N) is 1. The normalized spacial score (nSPS) is 18.5. The van der Waals surface area contributed by atoms with Gasteiger partial charge in [0.25, 0.3) is 5.91 Å². The van der Waals surface area contributed by atoms with Crippen LogP contribution in [0.25, 0.3) is 0 Å². The number of amides is 1. The lowest BCUT2D eigenvalue weighted by Crippen LogP contribution is -2.31. The number of rotatable bonds is 2. The third-order valence-electron chi connectivity index (χ3n) is 3.54. The third kappa shape index (κ3) is 2.41. The summed E-state index contributed by atoms with van der Waals surface area (Å²) in [4.78, 5) is 21.6. The average molecular weight is 310 g/mol. The van der Waals surface area contributed by atoms with E-state index in [-0.39, 0.29) is 22.3 Å². The monoisotopic (exact) mass is 309 g/mol. The number of hydrogen-bond donors (Lipinski definition) is 1. The van der Waals surface area contributed by atoms with E-state index in [1.54, 1.807) is 12.1 Å². The maximum absolute atomic E-state index is 12.6. The van der Waals surface area contributed by atoms with Crippen LogP contribution in [0.15, 0.2) is 30.5 Å². The Morgan fingerprint density at radius 1 is 1.35 bits per heavy atom. The third-order valence-corrected chi connectivity index (χ3v) is 4.04. The molecule has 6 heteroatoms. The highest BCUT2D eigenvalue weighted by molar-refractivity contribution is 6.34. The number of aromatic amines is 1. The lowest BCUT2D eigenvalue weighted by Gasteiger charge is -2.24. The van der Waals surface area contributed by atoms with E-state index in [1.807, 2.05) is 23.2 Å². The lowest BCUT2D eigenvalue weighted by molar-refractivity contribution is 0.0733. The molecule has 3 heterocycles. The quantitative estimate of drug-likeness (QED) is 0.860. The summed E-state index contributed by atoms with van der Waals surface area (Å²) in [6.45, 7) is 0.724. The van der Waals surface area contributed by atoms with Crippen molar-refractivity contribution in [3.8, 4) is 0 Å². The first kappa shape index (κ1) is 13.5. The molecule has 4 nitrogen and oxygen atoms in total. The maximum atomic E-state index is 12.6. The van der Waals surface area contributed by atoms with Crippen molar-refractivity contribution in [1.82, 2.24) is 14.9 Å². The molecule has 1 fully saturated rings. The smallest absolute Gasteiger partial charge is 0.257 e. The van der Waals surface area contributed by atoms with Crippen molar-refractivity contribution >= 4 is 29.1 Å². The van der Waals surface area contributed by atoms with Crippen LogP contribution in [-0.4, -0.2) is 27.3 Å². The van der Waals surface area contributed by atoms with Crippen LogP contribution < -0.4 is 0 Å². The minimum atomic E-state index is -0.101. The molecule has 104 valence electrons. The van der Waals surface area contributed by atoms with Crippen LogP contribution >= 0.6 is 23.2 Å². The molecule has 0 bridgehead atoms. The molecule has 20 heavy (non-hydrogen) atoms. The summed E-state index contributed by atoms with van der Waals surface area (Å²) < 4.78 is 0. The Labute approximate surface area is 126 Å². The fourth-order valence-electron chi connectivity index (χ4n) is 2.61. The highest BCUT2D eigenvalue weighted by Crippen LogP contribution is 2.33. The molecular weight excluding hydrogens is 297 g/mol. The zero-order valence-electron chi connectivity index (χ0n) is 10.6. The highest BCUT2D eigenvalue weighted by Gasteiger charge is 2.32. The summed E-state index contributed by atoms with van der Waals surface area (Å²) in [5.74, 6) is -0.101. The minimum absolute atomic E-state index is 0.0734. The Hall–Kier alpha value is -1.52. The Bertz CT molecular complexity index is 627. The van der Waals surface area contributed by atoms with Gasteiger partial charge in [-0.3, -0.25) is 4.79 Å². The van der Waals surface area contributed by atoms with Crippen molar-refractivity contribution in [3.05, 3.63) is 52.0 Å². The van der Waals surface area contributed by atoms with E-state index in [0.717, 1.165) is 25.1 Å². The van der Waals surface area contributed by atoms with Gasteiger partial charge in [-0.15, -0.1) is 0 Å². The van der Waals surface area contributed by atoms with Crippen molar-refractivity contribution in [1.29, 1.82) is 0 Å². The van der Waals surface area contributed by atoms with Crippen LogP contribution in [0.4, 0.5) is 0 Å². The Balaban J connectivity index is 1.89. The van der Waals surface area contributed by atoms with Gasteiger partial charge in [0.05, 0.1) is 11.6 Å². The van der Waals surface area contributed by atoms with Crippen LogP contribution in [0.2, 0.25) is 10.3 Å². The summed E-state index contributed by atoms with van der Waals surface area (Å²) in [5.41, 5.74) is 1.45. The number of hydrogen-bond acceptors (Lipinski definition) is 2. The van der Waals surface area contributed by atoms with Crippen molar-refractivity contribution in [2.24, 2.45) is 0 Å². The first-order valence-corrected chi connectivity index (χ1v) is 7.18. The highest BCUT2D eigenvalue weighted by atomic mass is 35.5. The van der Waals surface area contributed by atoms with E-state index < -0.39 is 0 Å². The standard InChI is InChI=1S/C14H13Cl2N3O/c15-12-6-5-9(13(16)18-12)14(20)19-8-2-4-11(19)10-3-1-7-17-10/h1,3,5-7,11,17H,2,4,8H2. The van der Waals surface area contributed by atoms with Gasteiger partial charge in [0.2, 0.25) is 0 Å². The minimum Gasteiger partial charge on any atom is -0.363 e. The average Bonchev–Trinajstić information content (AvgIpc) is 3.09. The molecule has 0 aromatic carbocycles. The number of halogens is 2. The summed E-state index contributed by atoms with van der Waals surface area (Å²) in [6, 6.07) is 7.22. The largest absolute Gasteiger partial charge is 0.363 e. The molecule has 0 saturated carbocycles. The van der Waals surface area contributed by atoms with E-state index in [2.05, 4.69) is 9.97 Å². The summed E-state index contributed by atoms with van der Waals surface area (Å²) in [7, 11) is 0. The zero-order valence-corrected chi connectivity index (χ0v) is 12.2. The molecule has 0 radical (unpaired) electrons. The molecule has 1 aliphatic rings. The second-order valence-electron chi connectivity index (χ2n) is 4.75. The van der Waals surface area contributed by atoms with Gasteiger partial charge in [-0.1, -0.05) is 23.2 Å². The fourth-order valence-corrected chi connectivity index (χ4v) is 3.04. The predicted molar refractivity (Wildman–Crippen MR) is 78.1 cm³/mol. The first-order chi connectivity index (χ1) is 9.66. The maximum Gasteiger partial charge on any atom is 0.257 e. The van der Waals surface area contributed by atoms with Gasteiger partial charge in [0.1, 0.15) is 10.3 Å². The van der Waals surface area contributed by atoms with Gasteiger partial charge in [0.15, 0.2) is 0 Å². The molecular formula is C14H13Cl2N3O. The van der Waals surface area contributed by atoms with Gasteiger partial charge in [-0.2, -0.15) is 0 Å². The van der Waals surface area contributed by atoms with E-state index in [0.29, 0.717) is 5.56 Å². The molecule has 0 spiro atoms.